The van der Waals surface area contributed by atoms with E-state index in [-0.39, 0.29) is 19.1 Å². The maximum atomic E-state index is 13.1. The molecule has 0 aliphatic rings. The Morgan fingerprint density at radius 1 is 0.943 bits per heavy atom. The van der Waals surface area contributed by atoms with E-state index in [2.05, 4.69) is 17.7 Å². The minimum Gasteiger partial charge on any atom is -0.464 e. The summed E-state index contributed by atoms with van der Waals surface area (Å²) in [6.45, 7) is 7.47. The van der Waals surface area contributed by atoms with Crippen molar-refractivity contribution in [1.82, 2.24) is 10.8 Å². The van der Waals surface area contributed by atoms with Gasteiger partial charge in [-0.3, -0.25) is 19.2 Å². The van der Waals surface area contributed by atoms with E-state index in [1.54, 1.807) is 0 Å². The van der Waals surface area contributed by atoms with E-state index >= 15 is 0 Å². The van der Waals surface area contributed by atoms with Gasteiger partial charge in [0.05, 0.1) is 18.6 Å². The molecule has 0 saturated carbocycles. The molecule has 8 heteroatoms. The lowest BCUT2D eigenvalue weighted by molar-refractivity contribution is -0.151. The first-order valence-electron chi connectivity index (χ1n) is 12.8. The summed E-state index contributed by atoms with van der Waals surface area (Å²) in [4.78, 5) is 42.2. The number of nitrogens with one attached hydrogen (secondary N) is 2. The zero-order valence-electron chi connectivity index (χ0n) is 21.8. The first-order chi connectivity index (χ1) is 16.8. The summed E-state index contributed by atoms with van der Waals surface area (Å²) in [5.41, 5.74) is 3.13. The summed E-state index contributed by atoms with van der Waals surface area (Å²) in [6.07, 6.45) is 6.22. The van der Waals surface area contributed by atoms with E-state index in [0.717, 1.165) is 31.2 Å². The standard InChI is InChI=1S/C27H44N2O6/c1-5-6-7-8-9-10-14-17-23(26(32)28-24(20(2)3)19-34-21(4)30)25(31)27(33)29-35-18-22-15-12-11-13-16-22/h11-13,15-16,20,23-25,31H,5-10,14,17-19H2,1-4H3,(H,28,32)(H,29,33)/t23-,24-,25+/m1/s1. The zero-order chi connectivity index (χ0) is 26.1. The zero-order valence-corrected chi connectivity index (χ0v) is 21.8. The number of unbranched alkanes of at least 4 members (excludes halogenated alkanes) is 6. The van der Waals surface area contributed by atoms with Crippen LogP contribution in [0.5, 0.6) is 0 Å². The van der Waals surface area contributed by atoms with E-state index in [9.17, 15) is 19.5 Å². The van der Waals surface area contributed by atoms with Gasteiger partial charge in [-0.15, -0.1) is 0 Å². The number of aliphatic hydroxyl groups excluding tert-OH is 1. The molecule has 0 spiro atoms. The molecule has 35 heavy (non-hydrogen) atoms. The molecule has 0 saturated heterocycles. The van der Waals surface area contributed by atoms with Gasteiger partial charge in [0.1, 0.15) is 12.7 Å². The second-order valence-corrected chi connectivity index (χ2v) is 9.36. The van der Waals surface area contributed by atoms with E-state index in [1.165, 1.54) is 26.2 Å². The van der Waals surface area contributed by atoms with Crippen molar-refractivity contribution in [1.29, 1.82) is 0 Å². The van der Waals surface area contributed by atoms with Crippen LogP contribution < -0.4 is 10.8 Å². The largest absolute Gasteiger partial charge is 0.464 e. The molecule has 1 rings (SSSR count). The molecule has 0 aliphatic carbocycles. The molecule has 0 bridgehead atoms. The lowest BCUT2D eigenvalue weighted by Crippen LogP contribution is -2.50. The van der Waals surface area contributed by atoms with Crippen LogP contribution in [0, 0.1) is 11.8 Å². The van der Waals surface area contributed by atoms with E-state index in [0.29, 0.717) is 6.42 Å². The third kappa shape index (κ3) is 13.3. The van der Waals surface area contributed by atoms with Crippen molar-refractivity contribution >= 4 is 17.8 Å². The second-order valence-electron chi connectivity index (χ2n) is 9.36. The highest BCUT2D eigenvalue weighted by Crippen LogP contribution is 2.18. The highest BCUT2D eigenvalue weighted by molar-refractivity contribution is 5.88. The Hall–Kier alpha value is -2.45. The highest BCUT2D eigenvalue weighted by atomic mass is 16.7. The first kappa shape index (κ1) is 30.6. The van der Waals surface area contributed by atoms with Gasteiger partial charge < -0.3 is 15.2 Å². The SMILES string of the molecule is CCCCCCCCC[C@@H](C(=O)N[C@H](COC(C)=O)C(C)C)[C@H](O)C(=O)NOCc1ccccc1. The quantitative estimate of drug-likeness (QED) is 0.162. The Morgan fingerprint density at radius 3 is 2.17 bits per heavy atom. The second kappa shape index (κ2) is 17.9. The van der Waals surface area contributed by atoms with E-state index < -0.39 is 35.8 Å². The Kier molecular flexibility index (Phi) is 15.6. The molecule has 198 valence electrons. The Bertz CT molecular complexity index is 740. The van der Waals surface area contributed by atoms with E-state index in [4.69, 9.17) is 9.57 Å². The Morgan fingerprint density at radius 2 is 1.57 bits per heavy atom. The number of rotatable bonds is 18. The van der Waals surface area contributed by atoms with Crippen molar-refractivity contribution in [2.45, 2.75) is 97.8 Å². The first-order valence-corrected chi connectivity index (χ1v) is 12.8. The third-order valence-corrected chi connectivity index (χ3v) is 5.96. The molecule has 3 atom stereocenters. The van der Waals surface area contributed by atoms with Gasteiger partial charge in [0.2, 0.25) is 5.91 Å². The van der Waals surface area contributed by atoms with Crippen LogP contribution in [0.3, 0.4) is 0 Å². The van der Waals surface area contributed by atoms with Crippen LogP contribution in [0.1, 0.15) is 84.6 Å². The molecular formula is C27H44N2O6. The smallest absolute Gasteiger partial charge is 0.302 e. The fourth-order valence-corrected chi connectivity index (χ4v) is 3.66. The number of aliphatic hydroxyl groups is 1. The fourth-order valence-electron chi connectivity index (χ4n) is 3.66. The van der Waals surface area contributed by atoms with Crippen LogP contribution in [0.15, 0.2) is 30.3 Å². The summed E-state index contributed by atoms with van der Waals surface area (Å²) in [7, 11) is 0. The topological polar surface area (TPSA) is 114 Å². The summed E-state index contributed by atoms with van der Waals surface area (Å²) in [5.74, 6) is -2.57. The van der Waals surface area contributed by atoms with Crippen LogP contribution in [0.4, 0.5) is 0 Å². The normalized spacial score (nSPS) is 13.7. The summed E-state index contributed by atoms with van der Waals surface area (Å²) in [5, 5.41) is 13.6. The molecule has 0 radical (unpaired) electrons. The molecule has 0 aliphatic heterocycles. The third-order valence-electron chi connectivity index (χ3n) is 5.96. The van der Waals surface area contributed by atoms with Gasteiger partial charge >= 0.3 is 5.97 Å². The number of benzene rings is 1. The van der Waals surface area contributed by atoms with Gasteiger partial charge in [0.15, 0.2) is 0 Å². The molecule has 0 heterocycles. The van der Waals surface area contributed by atoms with E-state index in [1.807, 2.05) is 44.2 Å². The van der Waals surface area contributed by atoms with Crippen molar-refractivity contribution in [3.05, 3.63) is 35.9 Å². The van der Waals surface area contributed by atoms with Crippen LogP contribution in [-0.2, 0) is 30.6 Å². The van der Waals surface area contributed by atoms with Gasteiger partial charge in [-0.05, 0) is 17.9 Å². The molecular weight excluding hydrogens is 448 g/mol. The predicted octanol–water partition coefficient (Wildman–Crippen LogP) is 4.06. The number of esters is 1. The van der Waals surface area contributed by atoms with Crippen LogP contribution in [0.25, 0.3) is 0 Å². The van der Waals surface area contributed by atoms with Crippen molar-refractivity contribution in [2.75, 3.05) is 6.61 Å². The number of carbonyl (C=O) groups is 3. The Labute approximate surface area is 210 Å². The monoisotopic (exact) mass is 492 g/mol. The van der Waals surface area contributed by atoms with Gasteiger partial charge in [-0.2, -0.15) is 0 Å². The van der Waals surface area contributed by atoms with Gasteiger partial charge in [-0.25, -0.2) is 5.48 Å². The highest BCUT2D eigenvalue weighted by Gasteiger charge is 2.33. The number of hydrogen-bond donors (Lipinski definition) is 3. The lowest BCUT2D eigenvalue weighted by Gasteiger charge is -2.27. The molecule has 2 amide bonds. The van der Waals surface area contributed by atoms with Gasteiger partial charge in [0.25, 0.3) is 5.91 Å². The molecule has 8 nitrogen and oxygen atoms in total. The molecule has 0 fully saturated rings. The molecule has 0 aromatic heterocycles. The average molecular weight is 493 g/mol. The van der Waals surface area contributed by atoms with Crippen molar-refractivity contribution in [3.8, 4) is 0 Å². The number of ether oxygens (including phenoxy) is 1. The summed E-state index contributed by atoms with van der Waals surface area (Å²) < 4.78 is 5.08. The molecule has 0 unspecified atom stereocenters. The number of hydroxylamine groups is 1. The van der Waals surface area contributed by atoms with Crippen molar-refractivity contribution < 1.29 is 29.1 Å². The minimum atomic E-state index is -1.56. The lowest BCUT2D eigenvalue weighted by atomic mass is 9.92. The molecule has 1 aromatic rings. The van der Waals surface area contributed by atoms with Crippen molar-refractivity contribution in [3.63, 3.8) is 0 Å². The van der Waals surface area contributed by atoms with Crippen molar-refractivity contribution in [2.24, 2.45) is 11.8 Å². The van der Waals surface area contributed by atoms with Gasteiger partial charge in [0, 0.05) is 6.92 Å². The molecule has 1 aromatic carbocycles. The predicted molar refractivity (Wildman–Crippen MR) is 135 cm³/mol. The fraction of sp³-hybridized carbons (Fsp3) is 0.667. The number of hydrogen-bond acceptors (Lipinski definition) is 6. The van der Waals surface area contributed by atoms with Crippen LogP contribution in [0.2, 0.25) is 0 Å². The number of amides is 2. The maximum Gasteiger partial charge on any atom is 0.302 e. The summed E-state index contributed by atoms with van der Waals surface area (Å²) in [6, 6.07) is 8.89. The molecule has 3 N–H and O–H groups in total. The van der Waals surface area contributed by atoms with Crippen LogP contribution in [-0.4, -0.2) is 41.6 Å². The maximum absolute atomic E-state index is 13.1. The Balaban J connectivity index is 2.72. The van der Waals surface area contributed by atoms with Crippen LogP contribution >= 0.6 is 0 Å². The number of carbonyl (C=O) groups excluding carboxylic acids is 3. The summed E-state index contributed by atoms with van der Waals surface area (Å²) >= 11 is 0. The van der Waals surface area contributed by atoms with Gasteiger partial charge in [-0.1, -0.05) is 96.0 Å². The average Bonchev–Trinajstić information content (AvgIpc) is 2.83. The minimum absolute atomic E-state index is 0.00214.